The molecule has 0 aliphatic heterocycles. The van der Waals surface area contributed by atoms with Crippen LogP contribution in [0.4, 0.5) is 0 Å². The molecule has 0 radical (unpaired) electrons. The lowest BCUT2D eigenvalue weighted by Crippen LogP contribution is -1.85. The lowest BCUT2D eigenvalue weighted by molar-refractivity contribution is 0.467. The number of phenols is 1. The number of unbranched alkanes of at least 4 members (excludes halogenated alkanes) is 1. The van der Waals surface area contributed by atoms with Gasteiger partial charge in [0.15, 0.2) is 0 Å². The van der Waals surface area contributed by atoms with Crippen molar-refractivity contribution in [3.8, 4) is 5.75 Å². The summed E-state index contributed by atoms with van der Waals surface area (Å²) < 4.78 is 1.03. The molecule has 12 heavy (non-hydrogen) atoms. The maximum Gasteiger partial charge on any atom is 0.118 e. The molecule has 0 aliphatic carbocycles. The topological polar surface area (TPSA) is 20.2 Å². The molecule has 0 amide bonds. The first-order valence-electron chi connectivity index (χ1n) is 4.21. The van der Waals surface area contributed by atoms with Crippen molar-refractivity contribution in [2.24, 2.45) is 0 Å². The van der Waals surface area contributed by atoms with E-state index in [0.29, 0.717) is 5.75 Å². The molecule has 0 aliphatic rings. The fraction of sp³-hybridized carbons (Fsp3) is 0.400. The summed E-state index contributed by atoms with van der Waals surface area (Å²) in [5.74, 6) is 0.409. The second-order valence-electron chi connectivity index (χ2n) is 2.88. The summed E-state index contributed by atoms with van der Waals surface area (Å²) in [4.78, 5) is 0. The van der Waals surface area contributed by atoms with E-state index >= 15 is 0 Å². The molecule has 66 valence electrons. The molecule has 2 heteroatoms. The number of aryl methyl sites for hydroxylation is 1. The summed E-state index contributed by atoms with van der Waals surface area (Å²) >= 11 is 3.38. The molecule has 1 aromatic rings. The summed E-state index contributed by atoms with van der Waals surface area (Å²) in [7, 11) is 0. The summed E-state index contributed by atoms with van der Waals surface area (Å²) in [6.07, 6.45) is 3.25. The molecule has 0 unspecified atom stereocenters. The molecule has 0 saturated carbocycles. The van der Waals surface area contributed by atoms with Gasteiger partial charge in [-0.1, -0.05) is 29.3 Å². The monoisotopic (exact) mass is 228 g/mol. The first-order chi connectivity index (χ1) is 5.74. The first-order valence-corrected chi connectivity index (χ1v) is 5.00. The van der Waals surface area contributed by atoms with Crippen molar-refractivity contribution in [2.75, 3.05) is 0 Å². The fourth-order valence-corrected chi connectivity index (χ4v) is 1.53. The van der Waals surface area contributed by atoms with Crippen molar-refractivity contribution in [1.82, 2.24) is 0 Å². The van der Waals surface area contributed by atoms with E-state index in [1.807, 2.05) is 12.1 Å². The molecule has 0 atom stereocenters. The summed E-state index contributed by atoms with van der Waals surface area (Å²) in [6.45, 7) is 2.15. The van der Waals surface area contributed by atoms with Crippen LogP contribution in [0.25, 0.3) is 0 Å². The van der Waals surface area contributed by atoms with Gasteiger partial charge >= 0.3 is 0 Å². The molecule has 0 heterocycles. The van der Waals surface area contributed by atoms with Gasteiger partial charge in [0.25, 0.3) is 0 Å². The number of benzene rings is 1. The third-order valence-electron chi connectivity index (χ3n) is 1.84. The first kappa shape index (κ1) is 9.59. The van der Waals surface area contributed by atoms with Crippen LogP contribution in [0.2, 0.25) is 0 Å². The zero-order valence-electron chi connectivity index (χ0n) is 7.18. The number of hydrogen-bond acceptors (Lipinski definition) is 1. The molecule has 0 spiro atoms. The molecule has 1 N–H and O–H groups in total. The number of rotatable bonds is 3. The van der Waals surface area contributed by atoms with Crippen LogP contribution in [0.1, 0.15) is 25.3 Å². The smallest absolute Gasteiger partial charge is 0.118 e. The number of phenolic OH excluding ortho intramolecular Hbond substituents is 1. The van der Waals surface area contributed by atoms with Crippen LogP contribution in [0.5, 0.6) is 5.75 Å². The Morgan fingerprint density at radius 2 is 2.17 bits per heavy atom. The molecule has 0 fully saturated rings. The zero-order chi connectivity index (χ0) is 8.97. The quantitative estimate of drug-likeness (QED) is 0.840. The minimum atomic E-state index is 0.409. The van der Waals surface area contributed by atoms with Crippen LogP contribution >= 0.6 is 15.9 Å². The van der Waals surface area contributed by atoms with Crippen molar-refractivity contribution < 1.29 is 5.11 Å². The summed E-state index contributed by atoms with van der Waals surface area (Å²) in [6, 6.07) is 5.56. The van der Waals surface area contributed by atoms with Gasteiger partial charge in [0.2, 0.25) is 0 Å². The van der Waals surface area contributed by atoms with Crippen LogP contribution in [0.15, 0.2) is 22.7 Å². The molecular weight excluding hydrogens is 216 g/mol. The summed E-state index contributed by atoms with van der Waals surface area (Å²) in [5, 5.41) is 9.44. The maximum absolute atomic E-state index is 9.44. The lowest BCUT2D eigenvalue weighted by Gasteiger charge is -2.03. The van der Waals surface area contributed by atoms with Gasteiger partial charge in [-0.3, -0.25) is 0 Å². The average Bonchev–Trinajstić information content (AvgIpc) is 2.07. The van der Waals surface area contributed by atoms with E-state index in [0.717, 1.165) is 29.3 Å². The number of aromatic hydroxyl groups is 1. The minimum Gasteiger partial charge on any atom is -0.508 e. The molecule has 0 aromatic heterocycles. The van der Waals surface area contributed by atoms with Crippen LogP contribution < -0.4 is 0 Å². The van der Waals surface area contributed by atoms with E-state index in [2.05, 4.69) is 22.9 Å². The Balaban J connectivity index is 2.75. The molecule has 1 nitrogen and oxygen atoms in total. The number of hydrogen-bond donors (Lipinski definition) is 1. The van der Waals surface area contributed by atoms with Gasteiger partial charge in [0.05, 0.1) is 0 Å². The van der Waals surface area contributed by atoms with Gasteiger partial charge in [0, 0.05) is 4.47 Å². The van der Waals surface area contributed by atoms with Gasteiger partial charge in [-0.25, -0.2) is 0 Å². The highest BCUT2D eigenvalue weighted by molar-refractivity contribution is 9.10. The minimum absolute atomic E-state index is 0.409. The van der Waals surface area contributed by atoms with Crippen molar-refractivity contribution >= 4 is 15.9 Å². The molecular formula is C10H13BrO. The largest absolute Gasteiger partial charge is 0.508 e. The average molecular weight is 229 g/mol. The molecule has 1 aromatic carbocycles. The molecule has 0 bridgehead atoms. The maximum atomic E-state index is 9.44. The highest BCUT2D eigenvalue weighted by Crippen LogP contribution is 2.23. The Morgan fingerprint density at radius 3 is 2.83 bits per heavy atom. The van der Waals surface area contributed by atoms with Crippen LogP contribution in [0, 0.1) is 0 Å². The third-order valence-corrected chi connectivity index (χ3v) is 2.33. The Kier molecular flexibility index (Phi) is 3.60. The Bertz CT molecular complexity index is 258. The van der Waals surface area contributed by atoms with Gasteiger partial charge in [-0.05, 0) is 36.6 Å². The van der Waals surface area contributed by atoms with E-state index in [1.165, 1.54) is 0 Å². The van der Waals surface area contributed by atoms with Gasteiger partial charge in [0.1, 0.15) is 5.75 Å². The van der Waals surface area contributed by atoms with Gasteiger partial charge in [-0.2, -0.15) is 0 Å². The van der Waals surface area contributed by atoms with E-state index in [4.69, 9.17) is 0 Å². The molecule has 0 saturated heterocycles. The zero-order valence-corrected chi connectivity index (χ0v) is 8.76. The fourth-order valence-electron chi connectivity index (χ4n) is 1.12. The van der Waals surface area contributed by atoms with Crippen molar-refractivity contribution in [1.29, 1.82) is 0 Å². The van der Waals surface area contributed by atoms with Gasteiger partial charge in [-0.15, -0.1) is 0 Å². The second-order valence-corrected chi connectivity index (χ2v) is 3.79. The van der Waals surface area contributed by atoms with Crippen molar-refractivity contribution in [3.05, 3.63) is 28.2 Å². The van der Waals surface area contributed by atoms with Crippen LogP contribution in [-0.4, -0.2) is 5.11 Å². The Morgan fingerprint density at radius 1 is 1.42 bits per heavy atom. The van der Waals surface area contributed by atoms with Gasteiger partial charge < -0.3 is 5.11 Å². The normalized spacial score (nSPS) is 10.2. The lowest BCUT2D eigenvalue weighted by atomic mass is 10.1. The van der Waals surface area contributed by atoms with E-state index in [9.17, 15) is 5.11 Å². The predicted molar refractivity (Wildman–Crippen MR) is 54.4 cm³/mol. The molecule has 1 rings (SSSR count). The SMILES string of the molecule is CCCCc1cc(Br)ccc1O. The van der Waals surface area contributed by atoms with Crippen molar-refractivity contribution in [2.45, 2.75) is 26.2 Å². The number of halogens is 1. The van der Waals surface area contributed by atoms with Crippen molar-refractivity contribution in [3.63, 3.8) is 0 Å². The highest BCUT2D eigenvalue weighted by Gasteiger charge is 2.00. The van der Waals surface area contributed by atoms with E-state index in [-0.39, 0.29) is 0 Å². The van der Waals surface area contributed by atoms with E-state index in [1.54, 1.807) is 6.07 Å². The Hall–Kier alpha value is -0.500. The standard InChI is InChI=1S/C10H13BrO/c1-2-3-4-8-7-9(11)5-6-10(8)12/h5-7,12H,2-4H2,1H3. The highest BCUT2D eigenvalue weighted by atomic mass is 79.9. The second kappa shape index (κ2) is 4.51. The van der Waals surface area contributed by atoms with E-state index < -0.39 is 0 Å². The third kappa shape index (κ3) is 2.52. The summed E-state index contributed by atoms with van der Waals surface area (Å²) in [5.41, 5.74) is 1.03. The predicted octanol–water partition coefficient (Wildman–Crippen LogP) is 3.50. The Labute approximate surface area is 81.6 Å². The van der Waals surface area contributed by atoms with Crippen LogP contribution in [0.3, 0.4) is 0 Å². The van der Waals surface area contributed by atoms with Crippen LogP contribution in [-0.2, 0) is 6.42 Å².